The van der Waals surface area contributed by atoms with E-state index in [-0.39, 0.29) is 5.91 Å². The Morgan fingerprint density at radius 3 is 2.55 bits per heavy atom. The second-order valence-corrected chi connectivity index (χ2v) is 5.52. The lowest BCUT2D eigenvalue weighted by molar-refractivity contribution is -0.116. The fourth-order valence-corrected chi connectivity index (χ4v) is 2.47. The zero-order valence-electron chi connectivity index (χ0n) is 13.5. The summed E-state index contributed by atoms with van der Waals surface area (Å²) < 4.78 is 5.26. The molecule has 3 heteroatoms. The number of nitrogens with one attached hydrogen (secondary N) is 1. The number of aryl methyl sites for hydroxylation is 3. The first-order valence-corrected chi connectivity index (χ1v) is 7.59. The zero-order chi connectivity index (χ0) is 15.9. The van der Waals surface area contributed by atoms with Gasteiger partial charge < -0.3 is 10.1 Å². The van der Waals surface area contributed by atoms with Crippen molar-refractivity contribution in [3.05, 3.63) is 59.2 Å². The van der Waals surface area contributed by atoms with E-state index in [1.54, 1.807) is 7.11 Å². The molecular weight excluding hydrogens is 274 g/mol. The number of carbonyl (C=O) groups excluding carboxylic acids is 1. The molecule has 0 fully saturated rings. The monoisotopic (exact) mass is 297 g/mol. The molecule has 2 rings (SSSR count). The topological polar surface area (TPSA) is 38.3 Å². The second-order valence-electron chi connectivity index (χ2n) is 5.52. The van der Waals surface area contributed by atoms with Crippen LogP contribution in [0.1, 0.15) is 29.5 Å². The zero-order valence-corrected chi connectivity index (χ0v) is 13.5. The Morgan fingerprint density at radius 2 is 1.86 bits per heavy atom. The van der Waals surface area contributed by atoms with Gasteiger partial charge in [0.1, 0.15) is 5.75 Å². The lowest BCUT2D eigenvalue weighted by Crippen LogP contribution is -2.12. The Hall–Kier alpha value is -2.29. The van der Waals surface area contributed by atoms with Crippen LogP contribution in [0.4, 0.5) is 5.69 Å². The first kappa shape index (κ1) is 16.1. The van der Waals surface area contributed by atoms with Gasteiger partial charge in [-0.15, -0.1) is 0 Å². The molecule has 0 atom stereocenters. The molecule has 0 aliphatic rings. The van der Waals surface area contributed by atoms with Gasteiger partial charge in [0.15, 0.2) is 0 Å². The maximum Gasteiger partial charge on any atom is 0.224 e. The van der Waals surface area contributed by atoms with Crippen LogP contribution in [-0.4, -0.2) is 13.0 Å². The van der Waals surface area contributed by atoms with Crippen molar-refractivity contribution in [2.45, 2.75) is 33.1 Å². The minimum atomic E-state index is 0.0690. The summed E-state index contributed by atoms with van der Waals surface area (Å²) in [4.78, 5) is 12.0. The highest BCUT2D eigenvalue weighted by Crippen LogP contribution is 2.20. The molecule has 0 aliphatic heterocycles. The van der Waals surface area contributed by atoms with E-state index >= 15 is 0 Å². The van der Waals surface area contributed by atoms with Crippen molar-refractivity contribution in [1.82, 2.24) is 0 Å². The molecule has 0 saturated heterocycles. The van der Waals surface area contributed by atoms with Crippen molar-refractivity contribution in [1.29, 1.82) is 0 Å². The third kappa shape index (κ3) is 4.35. The van der Waals surface area contributed by atoms with E-state index in [1.807, 2.05) is 44.2 Å². The fraction of sp³-hybridized carbons (Fsp3) is 0.316. The second kappa shape index (κ2) is 7.64. The summed E-state index contributed by atoms with van der Waals surface area (Å²) in [5, 5.41) is 2.97. The Morgan fingerprint density at radius 1 is 1.09 bits per heavy atom. The number of carbonyl (C=O) groups is 1. The molecule has 0 aromatic heterocycles. The van der Waals surface area contributed by atoms with Gasteiger partial charge in [-0.1, -0.05) is 30.3 Å². The molecule has 2 aromatic carbocycles. The average molecular weight is 297 g/mol. The number of para-hydroxylation sites is 1. The molecule has 0 spiro atoms. The van der Waals surface area contributed by atoms with Crippen molar-refractivity contribution in [2.75, 3.05) is 12.4 Å². The van der Waals surface area contributed by atoms with Crippen LogP contribution in [-0.2, 0) is 11.2 Å². The first-order chi connectivity index (χ1) is 10.6. The molecule has 1 amide bonds. The van der Waals surface area contributed by atoms with Crippen LogP contribution >= 0.6 is 0 Å². The highest BCUT2D eigenvalue weighted by Gasteiger charge is 2.05. The summed E-state index contributed by atoms with van der Waals surface area (Å²) in [6, 6.07) is 14.0. The molecular formula is C19H23NO2. The van der Waals surface area contributed by atoms with Gasteiger partial charge in [-0.05, 0) is 55.5 Å². The molecule has 2 aromatic rings. The molecule has 0 unspecified atom stereocenters. The SMILES string of the molecule is COc1ccc(CCCC(=O)Nc2ccccc2C)cc1C. The van der Waals surface area contributed by atoms with E-state index in [4.69, 9.17) is 4.74 Å². The summed E-state index contributed by atoms with van der Waals surface area (Å²) in [6.45, 7) is 4.03. The van der Waals surface area contributed by atoms with Crippen molar-refractivity contribution < 1.29 is 9.53 Å². The van der Waals surface area contributed by atoms with Gasteiger partial charge in [-0.2, -0.15) is 0 Å². The molecule has 3 nitrogen and oxygen atoms in total. The molecule has 0 saturated carbocycles. The predicted molar refractivity (Wildman–Crippen MR) is 90.5 cm³/mol. The third-order valence-corrected chi connectivity index (χ3v) is 3.75. The Balaban J connectivity index is 1.82. The van der Waals surface area contributed by atoms with Gasteiger partial charge >= 0.3 is 0 Å². The van der Waals surface area contributed by atoms with E-state index in [0.29, 0.717) is 6.42 Å². The minimum absolute atomic E-state index is 0.0690. The van der Waals surface area contributed by atoms with Crippen molar-refractivity contribution in [2.24, 2.45) is 0 Å². The number of anilines is 1. The highest BCUT2D eigenvalue weighted by molar-refractivity contribution is 5.91. The molecule has 0 heterocycles. The standard InChI is InChI=1S/C19H23NO2/c1-14-7-4-5-9-17(14)20-19(21)10-6-8-16-11-12-18(22-3)15(2)13-16/h4-5,7,9,11-13H,6,8,10H2,1-3H3,(H,20,21). The smallest absolute Gasteiger partial charge is 0.224 e. The molecule has 0 aliphatic carbocycles. The van der Waals surface area contributed by atoms with E-state index in [0.717, 1.165) is 35.4 Å². The van der Waals surface area contributed by atoms with Crippen LogP contribution in [0, 0.1) is 13.8 Å². The summed E-state index contributed by atoms with van der Waals surface area (Å²) in [6.07, 6.45) is 2.26. The van der Waals surface area contributed by atoms with Crippen LogP contribution in [0.2, 0.25) is 0 Å². The van der Waals surface area contributed by atoms with Crippen molar-refractivity contribution in [3.63, 3.8) is 0 Å². The normalized spacial score (nSPS) is 10.3. The Bertz CT molecular complexity index is 650. The maximum absolute atomic E-state index is 12.0. The van der Waals surface area contributed by atoms with Gasteiger partial charge in [0.05, 0.1) is 7.11 Å². The van der Waals surface area contributed by atoms with Crippen LogP contribution in [0.5, 0.6) is 5.75 Å². The number of benzene rings is 2. The van der Waals surface area contributed by atoms with Crippen LogP contribution in [0.25, 0.3) is 0 Å². The van der Waals surface area contributed by atoms with Crippen molar-refractivity contribution >= 4 is 11.6 Å². The maximum atomic E-state index is 12.0. The number of hydrogen-bond acceptors (Lipinski definition) is 2. The van der Waals surface area contributed by atoms with Crippen LogP contribution in [0.3, 0.4) is 0 Å². The first-order valence-electron chi connectivity index (χ1n) is 7.59. The van der Waals surface area contributed by atoms with Gasteiger partial charge in [0.25, 0.3) is 0 Å². The summed E-state index contributed by atoms with van der Waals surface area (Å²) in [5.41, 5.74) is 4.35. The Labute approximate surface area is 132 Å². The lowest BCUT2D eigenvalue weighted by atomic mass is 10.0. The van der Waals surface area contributed by atoms with Gasteiger partial charge in [-0.25, -0.2) is 0 Å². The lowest BCUT2D eigenvalue weighted by Gasteiger charge is -2.09. The summed E-state index contributed by atoms with van der Waals surface area (Å²) in [7, 11) is 1.68. The van der Waals surface area contributed by atoms with Gasteiger partial charge in [0, 0.05) is 12.1 Å². The van der Waals surface area contributed by atoms with E-state index in [1.165, 1.54) is 5.56 Å². The Kier molecular flexibility index (Phi) is 5.59. The highest BCUT2D eigenvalue weighted by atomic mass is 16.5. The number of methoxy groups -OCH3 is 1. The average Bonchev–Trinajstić information content (AvgIpc) is 2.50. The fourth-order valence-electron chi connectivity index (χ4n) is 2.47. The van der Waals surface area contributed by atoms with Crippen molar-refractivity contribution in [3.8, 4) is 5.75 Å². The molecule has 1 N–H and O–H groups in total. The predicted octanol–water partition coefficient (Wildman–Crippen LogP) is 4.27. The summed E-state index contributed by atoms with van der Waals surface area (Å²) in [5.74, 6) is 0.973. The number of hydrogen-bond donors (Lipinski definition) is 1. The molecule has 22 heavy (non-hydrogen) atoms. The van der Waals surface area contributed by atoms with Crippen LogP contribution in [0.15, 0.2) is 42.5 Å². The number of rotatable bonds is 6. The van der Waals surface area contributed by atoms with Gasteiger partial charge in [-0.3, -0.25) is 4.79 Å². The molecule has 0 radical (unpaired) electrons. The molecule has 116 valence electrons. The van der Waals surface area contributed by atoms with E-state index < -0.39 is 0 Å². The summed E-state index contributed by atoms with van der Waals surface area (Å²) >= 11 is 0. The van der Waals surface area contributed by atoms with E-state index in [9.17, 15) is 4.79 Å². The van der Waals surface area contributed by atoms with E-state index in [2.05, 4.69) is 17.4 Å². The number of amides is 1. The van der Waals surface area contributed by atoms with Crippen LogP contribution < -0.4 is 10.1 Å². The largest absolute Gasteiger partial charge is 0.496 e. The quantitative estimate of drug-likeness (QED) is 0.864. The number of ether oxygens (including phenoxy) is 1. The third-order valence-electron chi connectivity index (χ3n) is 3.75. The minimum Gasteiger partial charge on any atom is -0.496 e. The van der Waals surface area contributed by atoms with Gasteiger partial charge in [0.2, 0.25) is 5.91 Å². The molecule has 0 bridgehead atoms.